The average Bonchev–Trinajstić information content (AvgIpc) is 2.67. The fourth-order valence-electron chi connectivity index (χ4n) is 2.90. The molecule has 1 saturated heterocycles. The lowest BCUT2D eigenvalue weighted by molar-refractivity contribution is 0.0942. The van der Waals surface area contributed by atoms with Gasteiger partial charge in [0.25, 0.3) is 0 Å². The Balaban J connectivity index is 1.52. The fourth-order valence-corrected chi connectivity index (χ4v) is 2.90. The van der Waals surface area contributed by atoms with E-state index in [1.54, 1.807) is 11.0 Å². The first-order valence-corrected chi connectivity index (χ1v) is 8.32. The van der Waals surface area contributed by atoms with Gasteiger partial charge in [-0.2, -0.15) is 0 Å². The van der Waals surface area contributed by atoms with Gasteiger partial charge in [-0.1, -0.05) is 30.3 Å². The van der Waals surface area contributed by atoms with E-state index in [4.69, 9.17) is 4.74 Å². The van der Waals surface area contributed by atoms with E-state index >= 15 is 0 Å². The van der Waals surface area contributed by atoms with Gasteiger partial charge in [0.05, 0.1) is 0 Å². The minimum absolute atomic E-state index is 0.278. The molecule has 130 valence electrons. The highest BCUT2D eigenvalue weighted by Crippen LogP contribution is 2.25. The Hall–Kier alpha value is -2.89. The second-order valence-corrected chi connectivity index (χ2v) is 6.08. The summed E-state index contributed by atoms with van der Waals surface area (Å²) >= 11 is 0. The number of carbonyl (C=O) groups is 1. The summed E-state index contributed by atoms with van der Waals surface area (Å²) in [6, 6.07) is 15.2. The fraction of sp³-hybridized carbons (Fsp3) is 0.316. The minimum atomic E-state index is -0.278. The number of hydrogen-bond acceptors (Lipinski definition) is 5. The maximum absolute atomic E-state index is 12.2. The number of rotatable bonds is 4. The second kappa shape index (κ2) is 7.79. The van der Waals surface area contributed by atoms with Crippen molar-refractivity contribution in [2.24, 2.45) is 5.18 Å². The monoisotopic (exact) mass is 339 g/mol. The van der Waals surface area contributed by atoms with Crippen LogP contribution in [0.15, 0.2) is 53.7 Å². The number of anilines is 1. The van der Waals surface area contributed by atoms with Gasteiger partial charge in [0.2, 0.25) is 0 Å². The lowest BCUT2D eigenvalue weighted by Gasteiger charge is -2.35. The zero-order chi connectivity index (χ0) is 17.6. The smallest absolute Gasteiger partial charge is 0.410 e. The third-order valence-corrected chi connectivity index (χ3v) is 4.39. The van der Waals surface area contributed by atoms with Gasteiger partial charge in [0.15, 0.2) is 0 Å². The van der Waals surface area contributed by atoms with Crippen LogP contribution in [0.1, 0.15) is 11.1 Å². The predicted octanol–water partition coefficient (Wildman–Crippen LogP) is 3.85. The summed E-state index contributed by atoms with van der Waals surface area (Å²) in [6.45, 7) is 4.85. The lowest BCUT2D eigenvalue weighted by Crippen LogP contribution is -2.48. The molecule has 6 heteroatoms. The molecule has 0 radical (unpaired) electrons. The van der Waals surface area contributed by atoms with Crippen molar-refractivity contribution in [3.05, 3.63) is 64.6 Å². The van der Waals surface area contributed by atoms with E-state index in [2.05, 4.69) is 10.1 Å². The molecule has 1 aliphatic rings. The molecular formula is C19H21N3O3. The summed E-state index contributed by atoms with van der Waals surface area (Å²) in [7, 11) is 0. The Morgan fingerprint density at radius 1 is 1.08 bits per heavy atom. The molecule has 2 aromatic rings. The maximum Gasteiger partial charge on any atom is 0.410 e. The predicted molar refractivity (Wildman–Crippen MR) is 97.0 cm³/mol. The number of benzene rings is 2. The molecule has 0 atom stereocenters. The molecule has 2 aromatic carbocycles. The quantitative estimate of drug-likeness (QED) is 0.794. The van der Waals surface area contributed by atoms with Crippen molar-refractivity contribution in [1.29, 1.82) is 0 Å². The van der Waals surface area contributed by atoms with Gasteiger partial charge in [-0.05, 0) is 41.4 Å². The van der Waals surface area contributed by atoms with Crippen LogP contribution in [-0.2, 0) is 11.3 Å². The number of carbonyl (C=O) groups excluding carboxylic acids is 1. The van der Waals surface area contributed by atoms with Gasteiger partial charge in [-0.15, -0.1) is 4.91 Å². The van der Waals surface area contributed by atoms with Crippen LogP contribution in [0.3, 0.4) is 0 Å². The van der Waals surface area contributed by atoms with Crippen molar-refractivity contribution < 1.29 is 9.53 Å². The molecule has 3 rings (SSSR count). The van der Waals surface area contributed by atoms with Crippen LogP contribution in [0.4, 0.5) is 16.2 Å². The Labute approximate surface area is 147 Å². The minimum Gasteiger partial charge on any atom is -0.445 e. The van der Waals surface area contributed by atoms with Crippen LogP contribution in [0, 0.1) is 11.8 Å². The second-order valence-electron chi connectivity index (χ2n) is 6.08. The SMILES string of the molecule is Cc1cc(N2CCN(C(=O)OCc3ccccc3)CC2)ccc1N=O. The number of aryl methyl sites for hydroxylation is 1. The normalized spacial score (nSPS) is 14.3. The van der Waals surface area contributed by atoms with Crippen LogP contribution in [0.5, 0.6) is 0 Å². The summed E-state index contributed by atoms with van der Waals surface area (Å²) in [5.41, 5.74) is 3.35. The molecule has 0 unspecified atom stereocenters. The van der Waals surface area contributed by atoms with Crippen molar-refractivity contribution in [2.45, 2.75) is 13.5 Å². The molecule has 1 amide bonds. The summed E-state index contributed by atoms with van der Waals surface area (Å²) in [5.74, 6) is 0. The van der Waals surface area contributed by atoms with E-state index in [0.717, 1.165) is 29.9 Å². The number of nitrogens with zero attached hydrogens (tertiary/aromatic N) is 3. The Bertz CT molecular complexity index is 741. The number of amides is 1. The van der Waals surface area contributed by atoms with Crippen LogP contribution in [0.25, 0.3) is 0 Å². The number of nitroso groups, excluding NO2 is 1. The third kappa shape index (κ3) is 4.15. The summed E-state index contributed by atoms with van der Waals surface area (Å²) in [4.78, 5) is 26.8. The van der Waals surface area contributed by atoms with E-state index in [0.29, 0.717) is 25.4 Å². The van der Waals surface area contributed by atoms with Crippen molar-refractivity contribution in [3.8, 4) is 0 Å². The van der Waals surface area contributed by atoms with Crippen molar-refractivity contribution in [1.82, 2.24) is 4.90 Å². The van der Waals surface area contributed by atoms with E-state index < -0.39 is 0 Å². The van der Waals surface area contributed by atoms with E-state index in [1.165, 1.54) is 0 Å². The highest BCUT2D eigenvalue weighted by molar-refractivity contribution is 5.68. The zero-order valence-corrected chi connectivity index (χ0v) is 14.2. The molecule has 1 heterocycles. The van der Waals surface area contributed by atoms with Crippen LogP contribution in [0.2, 0.25) is 0 Å². The molecule has 0 aliphatic carbocycles. The van der Waals surface area contributed by atoms with Gasteiger partial charge < -0.3 is 14.5 Å². The van der Waals surface area contributed by atoms with Gasteiger partial charge >= 0.3 is 6.09 Å². The summed E-state index contributed by atoms with van der Waals surface area (Å²) in [6.07, 6.45) is -0.278. The van der Waals surface area contributed by atoms with E-state index in [9.17, 15) is 9.70 Å². The number of ether oxygens (including phenoxy) is 1. The average molecular weight is 339 g/mol. The molecular weight excluding hydrogens is 318 g/mol. The van der Waals surface area contributed by atoms with Gasteiger partial charge in [-0.3, -0.25) is 0 Å². The molecule has 6 nitrogen and oxygen atoms in total. The molecule has 0 aromatic heterocycles. The highest BCUT2D eigenvalue weighted by Gasteiger charge is 2.22. The molecule has 1 aliphatic heterocycles. The lowest BCUT2D eigenvalue weighted by atomic mass is 10.1. The van der Waals surface area contributed by atoms with Crippen molar-refractivity contribution in [2.75, 3.05) is 31.1 Å². The number of hydrogen-bond donors (Lipinski definition) is 0. The molecule has 0 spiro atoms. The van der Waals surface area contributed by atoms with Gasteiger partial charge in [-0.25, -0.2) is 4.79 Å². The van der Waals surface area contributed by atoms with Gasteiger partial charge in [0, 0.05) is 31.9 Å². The Morgan fingerprint density at radius 2 is 1.80 bits per heavy atom. The first-order valence-electron chi connectivity index (χ1n) is 8.32. The molecule has 0 saturated carbocycles. The Kier molecular flexibility index (Phi) is 5.28. The first-order chi connectivity index (χ1) is 12.2. The van der Waals surface area contributed by atoms with Crippen LogP contribution < -0.4 is 4.90 Å². The Morgan fingerprint density at radius 3 is 2.44 bits per heavy atom. The molecule has 25 heavy (non-hydrogen) atoms. The highest BCUT2D eigenvalue weighted by atomic mass is 16.6. The van der Waals surface area contributed by atoms with Crippen LogP contribution >= 0.6 is 0 Å². The molecule has 1 fully saturated rings. The van der Waals surface area contributed by atoms with E-state index in [-0.39, 0.29) is 6.09 Å². The molecule has 0 bridgehead atoms. The van der Waals surface area contributed by atoms with E-state index in [1.807, 2.05) is 49.4 Å². The molecule has 0 N–H and O–H groups in total. The maximum atomic E-state index is 12.2. The standard InChI is InChI=1S/C19H21N3O3/c1-15-13-17(7-8-18(15)20-24)21-9-11-22(12-10-21)19(23)25-14-16-5-3-2-4-6-16/h2-8,13H,9-12,14H2,1H3. The van der Waals surface area contributed by atoms with Crippen molar-refractivity contribution in [3.63, 3.8) is 0 Å². The van der Waals surface area contributed by atoms with Crippen molar-refractivity contribution >= 4 is 17.5 Å². The summed E-state index contributed by atoms with van der Waals surface area (Å²) < 4.78 is 5.38. The topological polar surface area (TPSA) is 62.2 Å². The number of piperazine rings is 1. The third-order valence-electron chi connectivity index (χ3n) is 4.39. The summed E-state index contributed by atoms with van der Waals surface area (Å²) in [5, 5.41) is 3.00. The largest absolute Gasteiger partial charge is 0.445 e. The van der Waals surface area contributed by atoms with Gasteiger partial charge in [0.1, 0.15) is 12.3 Å². The van der Waals surface area contributed by atoms with Crippen LogP contribution in [-0.4, -0.2) is 37.2 Å². The first kappa shape index (κ1) is 17.0. The zero-order valence-electron chi connectivity index (χ0n) is 14.2.